The van der Waals surface area contributed by atoms with Gasteiger partial charge in [-0.2, -0.15) is 0 Å². The molecule has 5 rings (SSSR count). The zero-order chi connectivity index (χ0) is 24.5. The molecule has 0 atom stereocenters. The minimum Gasteiger partial charge on any atom is -0.350 e. The lowest BCUT2D eigenvalue weighted by Gasteiger charge is -2.34. The van der Waals surface area contributed by atoms with Crippen molar-refractivity contribution < 1.29 is 14.6 Å². The van der Waals surface area contributed by atoms with Gasteiger partial charge in [-0.25, -0.2) is 4.98 Å². The molecule has 180 valence electrons. The van der Waals surface area contributed by atoms with E-state index in [1.54, 1.807) is 24.3 Å². The van der Waals surface area contributed by atoms with Crippen molar-refractivity contribution in [1.29, 1.82) is 0 Å². The maximum atomic E-state index is 12.6. The van der Waals surface area contributed by atoms with Gasteiger partial charge in [0.1, 0.15) is 0 Å². The summed E-state index contributed by atoms with van der Waals surface area (Å²) < 4.78 is 1.64. The number of anilines is 1. The Morgan fingerprint density at radius 1 is 0.943 bits per heavy atom. The van der Waals surface area contributed by atoms with Gasteiger partial charge < -0.3 is 10.2 Å². The number of thiophene rings is 1. The van der Waals surface area contributed by atoms with Gasteiger partial charge in [0.2, 0.25) is 0 Å². The summed E-state index contributed by atoms with van der Waals surface area (Å²) in [5.41, 5.74) is 0.835. The van der Waals surface area contributed by atoms with Crippen LogP contribution < -0.4 is 10.2 Å². The Morgan fingerprint density at radius 3 is 2.40 bits per heavy atom. The van der Waals surface area contributed by atoms with Crippen molar-refractivity contribution in [1.82, 2.24) is 15.2 Å². The summed E-state index contributed by atoms with van der Waals surface area (Å²) in [5, 5.41) is 26.4. The highest BCUT2D eigenvalue weighted by molar-refractivity contribution is 7.22. The average molecular weight is 513 g/mol. The Balaban J connectivity index is 1.12. The predicted octanol–water partition coefficient (Wildman–Crippen LogP) is 3.88. The van der Waals surface area contributed by atoms with Crippen LogP contribution in [0.15, 0.2) is 42.5 Å². The highest BCUT2D eigenvalue weighted by Crippen LogP contribution is 2.32. The molecule has 0 spiro atoms. The minimum absolute atomic E-state index is 0.00793. The second kappa shape index (κ2) is 9.52. The van der Waals surface area contributed by atoms with Crippen LogP contribution in [-0.4, -0.2) is 64.9 Å². The Hall–Kier alpha value is -3.68. The lowest BCUT2D eigenvalue weighted by atomic mass is 10.2. The summed E-state index contributed by atoms with van der Waals surface area (Å²) >= 11 is 2.77. The van der Waals surface area contributed by atoms with Crippen molar-refractivity contribution in [2.75, 3.05) is 44.2 Å². The number of hydrogen-bond donors (Lipinski definition) is 1. The molecule has 2 aromatic carbocycles. The maximum Gasteiger partial charge on any atom is 0.270 e. The number of hydrogen-bond acceptors (Lipinski definition) is 10. The molecule has 0 bridgehead atoms. The second-order valence-electron chi connectivity index (χ2n) is 8.08. The van der Waals surface area contributed by atoms with Crippen LogP contribution in [0.1, 0.15) is 9.67 Å². The van der Waals surface area contributed by atoms with Gasteiger partial charge in [-0.05, 0) is 18.2 Å². The van der Waals surface area contributed by atoms with Gasteiger partial charge in [0.15, 0.2) is 5.13 Å². The first-order valence-corrected chi connectivity index (χ1v) is 12.5. The number of benzene rings is 2. The third kappa shape index (κ3) is 4.92. The molecule has 2 aromatic heterocycles. The highest BCUT2D eigenvalue weighted by Gasteiger charge is 2.21. The van der Waals surface area contributed by atoms with Crippen LogP contribution in [0, 0.1) is 20.2 Å². The number of rotatable bonds is 7. The van der Waals surface area contributed by atoms with E-state index in [0.29, 0.717) is 23.4 Å². The van der Waals surface area contributed by atoms with E-state index < -0.39 is 9.85 Å². The molecule has 1 N–H and O–H groups in total. The van der Waals surface area contributed by atoms with E-state index in [4.69, 9.17) is 0 Å². The smallest absolute Gasteiger partial charge is 0.270 e. The molecule has 1 fully saturated rings. The number of carbonyl (C=O) groups excluding carboxylic acids is 1. The number of amides is 1. The highest BCUT2D eigenvalue weighted by atomic mass is 32.1. The number of nitro benzene ring substituents is 2. The van der Waals surface area contributed by atoms with Gasteiger partial charge in [-0.1, -0.05) is 11.3 Å². The van der Waals surface area contributed by atoms with E-state index >= 15 is 0 Å². The van der Waals surface area contributed by atoms with Crippen LogP contribution in [-0.2, 0) is 0 Å². The van der Waals surface area contributed by atoms with Crippen molar-refractivity contribution in [2.45, 2.75) is 0 Å². The third-order valence-electron chi connectivity index (χ3n) is 5.86. The summed E-state index contributed by atoms with van der Waals surface area (Å²) in [4.78, 5) is 43.3. The molecular weight excluding hydrogens is 492 g/mol. The fourth-order valence-corrected chi connectivity index (χ4v) is 5.99. The molecule has 13 heteroatoms. The van der Waals surface area contributed by atoms with Gasteiger partial charge in [0.25, 0.3) is 17.3 Å². The van der Waals surface area contributed by atoms with Crippen molar-refractivity contribution in [3.63, 3.8) is 0 Å². The average Bonchev–Trinajstić information content (AvgIpc) is 3.47. The van der Waals surface area contributed by atoms with Crippen LogP contribution in [0.25, 0.3) is 20.3 Å². The number of fused-ring (bicyclic) bond motifs is 2. The summed E-state index contributed by atoms with van der Waals surface area (Å²) in [6.45, 7) is 4.41. The van der Waals surface area contributed by atoms with Gasteiger partial charge >= 0.3 is 0 Å². The van der Waals surface area contributed by atoms with E-state index in [0.717, 1.165) is 46.2 Å². The molecule has 1 amide bonds. The summed E-state index contributed by atoms with van der Waals surface area (Å²) in [7, 11) is 0. The van der Waals surface area contributed by atoms with Crippen LogP contribution in [0.5, 0.6) is 0 Å². The van der Waals surface area contributed by atoms with E-state index in [9.17, 15) is 25.0 Å². The molecule has 3 heterocycles. The van der Waals surface area contributed by atoms with E-state index in [2.05, 4.69) is 20.1 Å². The normalized spacial score (nSPS) is 14.5. The quantitative estimate of drug-likeness (QED) is 0.291. The van der Waals surface area contributed by atoms with E-state index in [1.807, 2.05) is 0 Å². The molecule has 0 radical (unpaired) electrons. The molecule has 0 aliphatic carbocycles. The van der Waals surface area contributed by atoms with Crippen LogP contribution in [0.2, 0.25) is 0 Å². The van der Waals surface area contributed by atoms with Gasteiger partial charge in [0, 0.05) is 73.6 Å². The van der Waals surface area contributed by atoms with E-state index in [1.165, 1.54) is 40.9 Å². The van der Waals surface area contributed by atoms with Gasteiger partial charge in [-0.3, -0.25) is 29.9 Å². The first-order valence-electron chi connectivity index (χ1n) is 10.9. The first kappa shape index (κ1) is 23.1. The molecule has 11 nitrogen and oxygen atoms in total. The van der Waals surface area contributed by atoms with E-state index in [-0.39, 0.29) is 17.3 Å². The molecule has 1 aliphatic heterocycles. The molecule has 0 unspecified atom stereocenters. The lowest BCUT2D eigenvalue weighted by Crippen LogP contribution is -2.48. The SMILES string of the molecule is O=C(NCCN1CCN(c2nc3ccc([N+](=O)[O-])cc3s2)CC1)c1cc2cc([N+](=O)[O-])ccc2s1. The minimum atomic E-state index is -0.445. The fourth-order valence-electron chi connectivity index (χ4n) is 3.98. The molecule has 35 heavy (non-hydrogen) atoms. The standard InChI is InChI=1S/C22H20N6O5S2/c29-21(20-12-14-11-15(27(30)31)2-4-18(14)34-20)23-5-6-25-7-9-26(10-8-25)22-24-17-3-1-16(28(32)33)13-19(17)35-22/h1-4,11-13H,5-10H2,(H,23,29). The summed E-state index contributed by atoms with van der Waals surface area (Å²) in [6, 6.07) is 11.0. The number of thiazole rings is 1. The Kier molecular flexibility index (Phi) is 6.28. The summed E-state index contributed by atoms with van der Waals surface area (Å²) in [5.74, 6) is -0.184. The van der Waals surface area contributed by atoms with Crippen molar-refractivity contribution in [3.8, 4) is 0 Å². The topological polar surface area (TPSA) is 135 Å². The first-order chi connectivity index (χ1) is 16.9. The fraction of sp³-hybridized carbons (Fsp3) is 0.273. The lowest BCUT2D eigenvalue weighted by molar-refractivity contribution is -0.384. The van der Waals surface area contributed by atoms with Gasteiger partial charge in [0.05, 0.1) is 24.9 Å². The van der Waals surface area contributed by atoms with Crippen molar-refractivity contribution in [3.05, 3.63) is 67.6 Å². The monoisotopic (exact) mass is 512 g/mol. The Labute approximate surface area is 206 Å². The summed E-state index contributed by atoms with van der Waals surface area (Å²) in [6.07, 6.45) is 0. The molecule has 4 aromatic rings. The Bertz CT molecular complexity index is 1440. The predicted molar refractivity (Wildman–Crippen MR) is 136 cm³/mol. The van der Waals surface area contributed by atoms with Crippen LogP contribution in [0.3, 0.4) is 0 Å². The molecule has 1 saturated heterocycles. The number of nitrogens with zero attached hydrogens (tertiary/aromatic N) is 5. The number of carbonyl (C=O) groups is 1. The second-order valence-corrected chi connectivity index (χ2v) is 10.2. The van der Waals surface area contributed by atoms with Crippen molar-refractivity contribution >= 4 is 65.4 Å². The van der Waals surface area contributed by atoms with Crippen LogP contribution >= 0.6 is 22.7 Å². The Morgan fingerprint density at radius 2 is 1.66 bits per heavy atom. The number of nitrogens with one attached hydrogen (secondary N) is 1. The molecular formula is C22H20N6O5S2. The maximum absolute atomic E-state index is 12.6. The molecule has 1 aliphatic rings. The zero-order valence-electron chi connectivity index (χ0n) is 18.4. The number of aromatic nitrogens is 1. The zero-order valence-corrected chi connectivity index (χ0v) is 20.0. The van der Waals surface area contributed by atoms with Crippen molar-refractivity contribution in [2.24, 2.45) is 0 Å². The van der Waals surface area contributed by atoms with Gasteiger partial charge in [-0.15, -0.1) is 11.3 Å². The number of non-ortho nitro benzene ring substituents is 2. The third-order valence-corrected chi connectivity index (χ3v) is 8.06. The largest absolute Gasteiger partial charge is 0.350 e. The van der Waals surface area contributed by atoms with Crippen LogP contribution in [0.4, 0.5) is 16.5 Å². The number of nitro groups is 2. The molecule has 0 saturated carbocycles. The number of piperazine rings is 1.